The molecular formula is C26H39N3O4. The first kappa shape index (κ1) is 26.4. The van der Waals surface area contributed by atoms with E-state index >= 15 is 0 Å². The van der Waals surface area contributed by atoms with Gasteiger partial charge in [0.2, 0.25) is 5.91 Å². The first-order valence-corrected chi connectivity index (χ1v) is 12.2. The van der Waals surface area contributed by atoms with Gasteiger partial charge in [-0.05, 0) is 37.5 Å². The molecule has 182 valence electrons. The van der Waals surface area contributed by atoms with E-state index in [9.17, 15) is 14.4 Å². The molecule has 0 fully saturated rings. The molecule has 7 heteroatoms. The Morgan fingerprint density at radius 3 is 2.45 bits per heavy atom. The topological polar surface area (TPSA) is 87.7 Å². The molecule has 0 aliphatic carbocycles. The van der Waals surface area contributed by atoms with Gasteiger partial charge in [0, 0.05) is 24.4 Å². The van der Waals surface area contributed by atoms with E-state index in [0.717, 1.165) is 37.7 Å². The van der Waals surface area contributed by atoms with Gasteiger partial charge in [-0.25, -0.2) is 9.59 Å². The number of allylic oxidation sites excluding steroid dienone is 1. The van der Waals surface area contributed by atoms with Crippen LogP contribution in [0.2, 0.25) is 0 Å². The van der Waals surface area contributed by atoms with Gasteiger partial charge in [-0.3, -0.25) is 9.69 Å². The smallest absolute Gasteiger partial charge is 0.337 e. The molecule has 1 atom stereocenters. The summed E-state index contributed by atoms with van der Waals surface area (Å²) in [7, 11) is 1.34. The van der Waals surface area contributed by atoms with Crippen LogP contribution in [0.15, 0.2) is 35.5 Å². The van der Waals surface area contributed by atoms with Gasteiger partial charge in [0.05, 0.1) is 18.7 Å². The summed E-state index contributed by atoms with van der Waals surface area (Å²) in [4.78, 5) is 39.4. The molecular weight excluding hydrogens is 418 g/mol. The van der Waals surface area contributed by atoms with Crippen molar-refractivity contribution in [3.63, 3.8) is 0 Å². The monoisotopic (exact) mass is 457 g/mol. The zero-order chi connectivity index (χ0) is 24.2. The molecule has 0 spiro atoms. The lowest BCUT2D eigenvalue weighted by atomic mass is 9.94. The van der Waals surface area contributed by atoms with Crippen LogP contribution >= 0.6 is 0 Å². The third-order valence-corrected chi connectivity index (χ3v) is 6.00. The van der Waals surface area contributed by atoms with Crippen LogP contribution in [0.4, 0.5) is 10.5 Å². The highest BCUT2D eigenvalue weighted by molar-refractivity contribution is 5.95. The summed E-state index contributed by atoms with van der Waals surface area (Å²) in [5.74, 6) is -0.502. The SMILES string of the molecule is CCCCCCCCC(=O)Nc1cccc([C@H]2NC(=O)N(CCCC)C(C)=C2C(=O)OC)c1. The van der Waals surface area contributed by atoms with E-state index in [-0.39, 0.29) is 11.9 Å². The van der Waals surface area contributed by atoms with Crippen molar-refractivity contribution in [2.75, 3.05) is 19.0 Å². The van der Waals surface area contributed by atoms with Crippen LogP contribution in [0, 0.1) is 0 Å². The van der Waals surface area contributed by atoms with Crippen molar-refractivity contribution in [2.45, 2.75) is 84.6 Å². The first-order valence-electron chi connectivity index (χ1n) is 12.2. The highest BCUT2D eigenvalue weighted by atomic mass is 16.5. The standard InChI is InChI=1S/C26H39N3O4/c1-5-7-9-10-11-12-16-22(30)27-21-15-13-14-20(18-21)24-23(25(31)33-4)19(3)29(17-8-6-2)26(32)28-24/h13-15,18,24H,5-12,16-17H2,1-4H3,(H,27,30)(H,28,32)/t24-/m1/s1. The minimum Gasteiger partial charge on any atom is -0.466 e. The van der Waals surface area contributed by atoms with Gasteiger partial charge >= 0.3 is 12.0 Å². The fraction of sp³-hybridized carbons (Fsp3) is 0.577. The third-order valence-electron chi connectivity index (χ3n) is 6.00. The van der Waals surface area contributed by atoms with Gasteiger partial charge in [0.15, 0.2) is 0 Å². The van der Waals surface area contributed by atoms with Crippen molar-refractivity contribution in [2.24, 2.45) is 0 Å². The number of ether oxygens (including phenoxy) is 1. The number of carbonyl (C=O) groups excluding carboxylic acids is 3. The Labute approximate surface area is 197 Å². The predicted octanol–water partition coefficient (Wildman–Crippen LogP) is 5.69. The number of nitrogens with zero attached hydrogens (tertiary/aromatic N) is 1. The Morgan fingerprint density at radius 2 is 1.76 bits per heavy atom. The Bertz CT molecular complexity index is 850. The number of rotatable bonds is 13. The molecule has 1 aromatic carbocycles. The molecule has 1 aliphatic heterocycles. The second kappa shape index (κ2) is 13.7. The first-order chi connectivity index (χ1) is 15.9. The molecule has 3 amide bonds. The number of hydrogen-bond acceptors (Lipinski definition) is 4. The van der Waals surface area contributed by atoms with Crippen LogP contribution in [0.3, 0.4) is 0 Å². The molecule has 0 aromatic heterocycles. The molecule has 0 saturated heterocycles. The molecule has 0 unspecified atom stereocenters. The second-order valence-corrected chi connectivity index (χ2v) is 8.57. The number of benzene rings is 1. The molecule has 0 bridgehead atoms. The van der Waals surface area contributed by atoms with E-state index in [1.54, 1.807) is 11.8 Å². The lowest BCUT2D eigenvalue weighted by Crippen LogP contribution is -2.48. The summed E-state index contributed by atoms with van der Waals surface area (Å²) in [6, 6.07) is 6.40. The zero-order valence-corrected chi connectivity index (χ0v) is 20.5. The normalized spacial score (nSPS) is 15.9. The molecule has 2 rings (SSSR count). The van der Waals surface area contributed by atoms with Crippen LogP contribution in [0.5, 0.6) is 0 Å². The molecule has 2 N–H and O–H groups in total. The fourth-order valence-electron chi connectivity index (χ4n) is 4.08. The molecule has 1 aromatic rings. The van der Waals surface area contributed by atoms with Gasteiger partial charge in [-0.15, -0.1) is 0 Å². The highest BCUT2D eigenvalue weighted by Gasteiger charge is 2.36. The largest absolute Gasteiger partial charge is 0.466 e. The Hall–Kier alpha value is -2.83. The summed E-state index contributed by atoms with van der Waals surface area (Å²) < 4.78 is 5.03. The van der Waals surface area contributed by atoms with Crippen LogP contribution in [-0.4, -0.2) is 36.5 Å². The average Bonchev–Trinajstić information content (AvgIpc) is 2.80. The lowest BCUT2D eigenvalue weighted by Gasteiger charge is -2.35. The number of amides is 3. The predicted molar refractivity (Wildman–Crippen MR) is 131 cm³/mol. The van der Waals surface area contributed by atoms with E-state index in [1.165, 1.54) is 26.4 Å². The summed E-state index contributed by atoms with van der Waals surface area (Å²) >= 11 is 0. The van der Waals surface area contributed by atoms with E-state index in [0.29, 0.717) is 29.9 Å². The van der Waals surface area contributed by atoms with Crippen molar-refractivity contribution >= 4 is 23.6 Å². The van der Waals surface area contributed by atoms with Crippen LogP contribution in [0.25, 0.3) is 0 Å². The number of nitrogens with one attached hydrogen (secondary N) is 2. The molecule has 1 aliphatic rings. The lowest BCUT2D eigenvalue weighted by molar-refractivity contribution is -0.136. The molecule has 33 heavy (non-hydrogen) atoms. The van der Waals surface area contributed by atoms with Crippen LogP contribution in [0.1, 0.15) is 90.2 Å². The molecule has 1 heterocycles. The average molecular weight is 458 g/mol. The fourth-order valence-corrected chi connectivity index (χ4v) is 4.08. The van der Waals surface area contributed by atoms with Crippen molar-refractivity contribution in [3.8, 4) is 0 Å². The van der Waals surface area contributed by atoms with Gasteiger partial charge in [0.1, 0.15) is 0 Å². The summed E-state index contributed by atoms with van der Waals surface area (Å²) in [5, 5.41) is 5.89. The van der Waals surface area contributed by atoms with Crippen LogP contribution < -0.4 is 10.6 Å². The van der Waals surface area contributed by atoms with E-state index < -0.39 is 12.0 Å². The van der Waals surface area contributed by atoms with Gasteiger partial charge in [-0.2, -0.15) is 0 Å². The number of hydrogen-bond donors (Lipinski definition) is 2. The summed E-state index contributed by atoms with van der Waals surface area (Å²) in [6.07, 6.45) is 9.02. The number of anilines is 1. The number of urea groups is 1. The minimum atomic E-state index is -0.641. The van der Waals surface area contributed by atoms with Crippen molar-refractivity contribution < 1.29 is 19.1 Å². The van der Waals surface area contributed by atoms with E-state index in [2.05, 4.69) is 24.5 Å². The van der Waals surface area contributed by atoms with Crippen molar-refractivity contribution in [1.29, 1.82) is 0 Å². The summed E-state index contributed by atoms with van der Waals surface area (Å²) in [5.41, 5.74) is 2.37. The van der Waals surface area contributed by atoms with Gasteiger partial charge < -0.3 is 15.4 Å². The van der Waals surface area contributed by atoms with Gasteiger partial charge in [-0.1, -0.05) is 64.5 Å². The zero-order valence-electron chi connectivity index (χ0n) is 20.5. The number of methoxy groups -OCH3 is 1. The van der Waals surface area contributed by atoms with Crippen molar-refractivity contribution in [3.05, 3.63) is 41.1 Å². The third kappa shape index (κ3) is 7.62. The highest BCUT2D eigenvalue weighted by Crippen LogP contribution is 2.32. The van der Waals surface area contributed by atoms with Crippen LogP contribution in [-0.2, 0) is 14.3 Å². The molecule has 0 radical (unpaired) electrons. The Balaban J connectivity index is 2.13. The van der Waals surface area contributed by atoms with E-state index in [1.807, 2.05) is 24.3 Å². The maximum absolute atomic E-state index is 12.8. The van der Waals surface area contributed by atoms with Gasteiger partial charge in [0.25, 0.3) is 0 Å². The van der Waals surface area contributed by atoms with Crippen molar-refractivity contribution in [1.82, 2.24) is 10.2 Å². The molecule has 7 nitrogen and oxygen atoms in total. The number of unbranched alkanes of at least 4 members (excludes halogenated alkanes) is 6. The second-order valence-electron chi connectivity index (χ2n) is 8.57. The Morgan fingerprint density at radius 1 is 1.06 bits per heavy atom. The number of esters is 1. The summed E-state index contributed by atoms with van der Waals surface area (Å²) in [6.45, 7) is 6.56. The molecule has 0 saturated carbocycles. The maximum atomic E-state index is 12.8. The van der Waals surface area contributed by atoms with E-state index in [4.69, 9.17) is 4.74 Å². The Kier molecular flexibility index (Phi) is 10.9. The maximum Gasteiger partial charge on any atom is 0.337 e. The quantitative estimate of drug-likeness (QED) is 0.294. The number of carbonyl (C=O) groups is 3. The minimum absolute atomic E-state index is 0.0269.